The van der Waals surface area contributed by atoms with Crippen LogP contribution in [0, 0.1) is 5.41 Å². The van der Waals surface area contributed by atoms with Gasteiger partial charge in [-0.25, -0.2) is 14.3 Å². The number of ether oxygens (including phenoxy) is 1. The van der Waals surface area contributed by atoms with E-state index in [1.807, 2.05) is 27.7 Å². The molecule has 0 aliphatic carbocycles. The molecule has 4 aromatic rings. The molecule has 0 aliphatic heterocycles. The molecule has 0 fully saturated rings. The standard InChI is InChI=1S/C32H35F3N3O9PS/c1-5-6-20(40)12-19-13-21(29-37-26(17-49-29)32(33,34)35)23(14-36-19)18-7-8-25-22(11-18)28(41)24(15-38(25)27(16-39)31(2,3)4)30(42)46-9-10-47-48(43,44)45/h7-8,11,13-15,17,27,39H,5-6,9-10,12,16H2,1-4H3,(H2,43,44,45)/t27-/m1/s1. The fourth-order valence-electron chi connectivity index (χ4n) is 5.17. The number of hydrogen-bond donors (Lipinski definition) is 3. The van der Waals surface area contributed by atoms with Crippen molar-refractivity contribution in [3.63, 3.8) is 0 Å². The topological polar surface area (TPSA) is 178 Å². The zero-order valence-corrected chi connectivity index (χ0v) is 28.7. The number of fused-ring (bicyclic) bond motifs is 1. The van der Waals surface area contributed by atoms with Crippen molar-refractivity contribution in [3.05, 3.63) is 69.2 Å². The van der Waals surface area contributed by atoms with Gasteiger partial charge in [0.15, 0.2) is 5.69 Å². The molecule has 17 heteroatoms. The van der Waals surface area contributed by atoms with Crippen LogP contribution in [-0.4, -0.2) is 61.0 Å². The van der Waals surface area contributed by atoms with E-state index >= 15 is 0 Å². The molecule has 0 aliphatic rings. The largest absolute Gasteiger partial charge is 0.469 e. The van der Waals surface area contributed by atoms with Crippen molar-refractivity contribution in [3.8, 4) is 21.7 Å². The number of thiazole rings is 1. The Morgan fingerprint density at radius 3 is 2.41 bits per heavy atom. The van der Waals surface area contributed by atoms with Crippen molar-refractivity contribution in [2.75, 3.05) is 19.8 Å². The third-order valence-electron chi connectivity index (χ3n) is 7.54. The van der Waals surface area contributed by atoms with E-state index in [4.69, 9.17) is 14.5 Å². The lowest BCUT2D eigenvalue weighted by molar-refractivity contribution is -0.140. The van der Waals surface area contributed by atoms with Crippen LogP contribution in [0.2, 0.25) is 0 Å². The Morgan fingerprint density at radius 1 is 1.10 bits per heavy atom. The quantitative estimate of drug-likeness (QED) is 0.0841. The molecule has 0 saturated heterocycles. The van der Waals surface area contributed by atoms with E-state index < -0.39 is 61.3 Å². The summed E-state index contributed by atoms with van der Waals surface area (Å²) in [6.45, 7) is 5.77. The smallest absolute Gasteiger partial charge is 0.459 e. The Labute approximate surface area is 282 Å². The average Bonchev–Trinajstić information content (AvgIpc) is 3.51. The van der Waals surface area contributed by atoms with Gasteiger partial charge in [-0.2, -0.15) is 13.2 Å². The van der Waals surface area contributed by atoms with E-state index in [0.29, 0.717) is 35.2 Å². The van der Waals surface area contributed by atoms with Crippen LogP contribution in [0.1, 0.15) is 68.3 Å². The Kier molecular flexibility index (Phi) is 11.6. The van der Waals surface area contributed by atoms with E-state index in [9.17, 15) is 37.2 Å². The summed E-state index contributed by atoms with van der Waals surface area (Å²) >= 11 is 0.755. The van der Waals surface area contributed by atoms with Crippen molar-refractivity contribution in [2.45, 2.75) is 59.2 Å². The molecular weight excluding hydrogens is 690 g/mol. The van der Waals surface area contributed by atoms with E-state index in [2.05, 4.69) is 14.5 Å². The van der Waals surface area contributed by atoms with Crippen LogP contribution in [0.25, 0.3) is 32.6 Å². The van der Waals surface area contributed by atoms with Gasteiger partial charge < -0.3 is 24.2 Å². The van der Waals surface area contributed by atoms with E-state index in [1.165, 1.54) is 24.5 Å². The molecule has 4 rings (SSSR count). The number of hydrogen-bond acceptors (Lipinski definition) is 10. The highest BCUT2D eigenvalue weighted by molar-refractivity contribution is 7.46. The number of aliphatic hydroxyl groups excluding tert-OH is 1. The number of nitrogens with zero attached hydrogens (tertiary/aromatic N) is 3. The molecule has 0 saturated carbocycles. The molecule has 0 amide bonds. The summed E-state index contributed by atoms with van der Waals surface area (Å²) in [5, 5.41) is 11.3. The van der Waals surface area contributed by atoms with Crippen LogP contribution in [-0.2, 0) is 31.2 Å². The average molecular weight is 726 g/mol. The van der Waals surface area contributed by atoms with Gasteiger partial charge in [0, 0.05) is 52.8 Å². The lowest BCUT2D eigenvalue weighted by Crippen LogP contribution is -2.31. The summed E-state index contributed by atoms with van der Waals surface area (Å²) < 4.78 is 62.5. The Hall–Kier alpha value is -3.79. The second kappa shape index (κ2) is 15.0. The number of esters is 1. The minimum atomic E-state index is -4.83. The van der Waals surface area contributed by atoms with Crippen LogP contribution in [0.5, 0.6) is 0 Å². The number of pyridine rings is 2. The first-order valence-electron chi connectivity index (χ1n) is 15.0. The number of carbonyl (C=O) groups is 2. The van der Waals surface area contributed by atoms with Crippen molar-refractivity contribution < 1.29 is 51.5 Å². The zero-order chi connectivity index (χ0) is 36.3. The third kappa shape index (κ3) is 9.26. The van der Waals surface area contributed by atoms with Crippen LogP contribution in [0.15, 0.2) is 46.8 Å². The molecular formula is C32H35F3N3O9PS. The highest BCUT2D eigenvalue weighted by Gasteiger charge is 2.34. The molecule has 0 bridgehead atoms. The fourth-order valence-corrected chi connectivity index (χ4v) is 6.34. The molecule has 3 heterocycles. The van der Waals surface area contributed by atoms with Crippen LogP contribution in [0.3, 0.4) is 0 Å². The molecule has 264 valence electrons. The van der Waals surface area contributed by atoms with Crippen molar-refractivity contribution in [2.24, 2.45) is 5.41 Å². The number of alkyl halides is 3. The number of benzene rings is 1. The fraction of sp³-hybridized carbons (Fsp3) is 0.406. The third-order valence-corrected chi connectivity index (χ3v) is 8.93. The predicted octanol–water partition coefficient (Wildman–Crippen LogP) is 5.96. The number of aliphatic hydroxyl groups is 1. The highest BCUT2D eigenvalue weighted by atomic mass is 32.1. The summed E-state index contributed by atoms with van der Waals surface area (Å²) in [5.41, 5.74) is -1.35. The molecule has 3 aromatic heterocycles. The number of halogens is 3. The first-order valence-corrected chi connectivity index (χ1v) is 17.5. The van der Waals surface area contributed by atoms with E-state index in [-0.39, 0.29) is 34.8 Å². The molecule has 0 radical (unpaired) electrons. The van der Waals surface area contributed by atoms with Gasteiger partial charge in [0.25, 0.3) is 0 Å². The monoisotopic (exact) mass is 725 g/mol. The van der Waals surface area contributed by atoms with Crippen LogP contribution in [0.4, 0.5) is 13.2 Å². The van der Waals surface area contributed by atoms with Crippen LogP contribution >= 0.6 is 19.2 Å². The summed E-state index contributed by atoms with van der Waals surface area (Å²) in [6.07, 6.45) is -1.19. The molecule has 12 nitrogen and oxygen atoms in total. The number of Topliss-reactive ketones (excluding diaryl/α,β-unsaturated/α-hetero) is 1. The van der Waals surface area contributed by atoms with Gasteiger partial charge >= 0.3 is 20.0 Å². The van der Waals surface area contributed by atoms with Gasteiger partial charge in [-0.3, -0.25) is 19.1 Å². The minimum Gasteiger partial charge on any atom is -0.459 e. The van der Waals surface area contributed by atoms with E-state index in [1.54, 1.807) is 16.7 Å². The number of carbonyl (C=O) groups excluding carboxylic acids is 2. The molecule has 1 aromatic carbocycles. The first-order chi connectivity index (χ1) is 22.8. The molecule has 3 N–H and O–H groups in total. The number of phosphoric ester groups is 1. The summed E-state index contributed by atoms with van der Waals surface area (Å²) in [4.78, 5) is 65.3. The molecule has 1 atom stereocenters. The molecule has 49 heavy (non-hydrogen) atoms. The molecule has 0 spiro atoms. The summed E-state index contributed by atoms with van der Waals surface area (Å²) in [5.74, 6) is -1.21. The van der Waals surface area contributed by atoms with Crippen molar-refractivity contribution >= 4 is 41.8 Å². The second-order valence-corrected chi connectivity index (χ2v) is 14.4. The summed E-state index contributed by atoms with van der Waals surface area (Å²) in [7, 11) is -4.83. The van der Waals surface area contributed by atoms with Gasteiger partial charge in [0.2, 0.25) is 5.43 Å². The lowest BCUT2D eigenvalue weighted by atomic mass is 9.86. The minimum absolute atomic E-state index is 0.00406. The van der Waals surface area contributed by atoms with Gasteiger partial charge in [-0.05, 0) is 35.6 Å². The summed E-state index contributed by atoms with van der Waals surface area (Å²) in [6, 6.07) is 5.49. The number of aromatic nitrogens is 3. The normalized spacial score (nSPS) is 13.1. The first kappa shape index (κ1) is 38.0. The van der Waals surface area contributed by atoms with Gasteiger partial charge in [-0.15, -0.1) is 11.3 Å². The number of ketones is 1. The van der Waals surface area contributed by atoms with Crippen molar-refractivity contribution in [1.82, 2.24) is 14.5 Å². The Balaban J connectivity index is 1.91. The van der Waals surface area contributed by atoms with Crippen molar-refractivity contribution in [1.29, 1.82) is 0 Å². The van der Waals surface area contributed by atoms with Crippen LogP contribution < -0.4 is 5.43 Å². The predicted molar refractivity (Wildman–Crippen MR) is 175 cm³/mol. The Bertz CT molecular complexity index is 1970. The zero-order valence-electron chi connectivity index (χ0n) is 27.0. The molecule has 0 unspecified atom stereocenters. The SMILES string of the molecule is CCCC(=O)Cc1cc(-c2nc(C(F)(F)F)cs2)c(-c2ccc3c(c2)c(=O)c(C(=O)OCCOP(=O)(O)O)cn3[C@H](CO)C(C)(C)C)cn1. The second-order valence-electron chi connectivity index (χ2n) is 12.3. The maximum Gasteiger partial charge on any atom is 0.469 e. The maximum atomic E-state index is 13.8. The lowest BCUT2D eigenvalue weighted by Gasteiger charge is -2.33. The van der Waals surface area contributed by atoms with Gasteiger partial charge in [0.1, 0.15) is 23.0 Å². The maximum absolute atomic E-state index is 13.8. The number of rotatable bonds is 13. The van der Waals surface area contributed by atoms with Gasteiger partial charge in [0.05, 0.1) is 24.8 Å². The van der Waals surface area contributed by atoms with Gasteiger partial charge in [-0.1, -0.05) is 33.8 Å². The number of phosphoric acid groups is 1. The Morgan fingerprint density at radius 2 is 1.82 bits per heavy atom. The highest BCUT2D eigenvalue weighted by Crippen LogP contribution is 2.39. The van der Waals surface area contributed by atoms with E-state index in [0.717, 1.165) is 16.7 Å².